The molecule has 2 aromatic carbocycles. The number of amides is 1. The summed E-state index contributed by atoms with van der Waals surface area (Å²) in [5.74, 6) is -0.280. The highest BCUT2D eigenvalue weighted by molar-refractivity contribution is 6.04. The number of nitrogens with one attached hydrogen (secondary N) is 1. The van der Waals surface area contributed by atoms with Crippen molar-refractivity contribution in [3.63, 3.8) is 0 Å². The quantitative estimate of drug-likeness (QED) is 0.576. The number of anilines is 1. The molecule has 0 saturated carbocycles. The van der Waals surface area contributed by atoms with Crippen LogP contribution in [0.5, 0.6) is 11.5 Å². The van der Waals surface area contributed by atoms with Gasteiger partial charge in [0.25, 0.3) is 0 Å². The van der Waals surface area contributed by atoms with E-state index < -0.39 is 18.6 Å². The van der Waals surface area contributed by atoms with E-state index in [0.717, 1.165) is 0 Å². The highest BCUT2D eigenvalue weighted by atomic mass is 19.4. The standard InChI is InChI=1S/C22H19F4N3O2/c23-15-1-3-16(4-2-15)31-20-6-5-19(18-11-27-9-7-17(18)20)28-21(30)14-8-10-29(12-14)13-22(24,25)26/h1-7,9,11,14H,8,10,12-13H2,(H,28,30). The van der Waals surface area contributed by atoms with E-state index in [1.165, 1.54) is 29.2 Å². The minimum absolute atomic E-state index is 0.0628. The van der Waals surface area contributed by atoms with Crippen molar-refractivity contribution in [3.05, 3.63) is 60.7 Å². The molecule has 3 aromatic rings. The van der Waals surface area contributed by atoms with Gasteiger partial charge >= 0.3 is 6.18 Å². The molecule has 162 valence electrons. The number of rotatable bonds is 5. The predicted octanol–water partition coefficient (Wildman–Crippen LogP) is 4.99. The molecular weight excluding hydrogens is 414 g/mol. The first-order valence-electron chi connectivity index (χ1n) is 9.68. The fraction of sp³-hybridized carbons (Fsp3) is 0.273. The zero-order chi connectivity index (χ0) is 22.0. The number of benzene rings is 2. The van der Waals surface area contributed by atoms with E-state index in [9.17, 15) is 22.4 Å². The first-order chi connectivity index (χ1) is 14.8. The normalized spacial score (nSPS) is 17.1. The van der Waals surface area contributed by atoms with Crippen molar-refractivity contribution in [1.82, 2.24) is 9.88 Å². The van der Waals surface area contributed by atoms with Crippen LogP contribution in [-0.4, -0.2) is 41.6 Å². The lowest BCUT2D eigenvalue weighted by atomic mass is 10.1. The Morgan fingerprint density at radius 1 is 1.13 bits per heavy atom. The van der Waals surface area contributed by atoms with E-state index >= 15 is 0 Å². The van der Waals surface area contributed by atoms with E-state index in [1.807, 2.05) is 0 Å². The van der Waals surface area contributed by atoms with E-state index in [-0.39, 0.29) is 24.8 Å². The summed E-state index contributed by atoms with van der Waals surface area (Å²) in [5, 5.41) is 4.12. The predicted molar refractivity (Wildman–Crippen MR) is 107 cm³/mol. The van der Waals surface area contributed by atoms with Gasteiger partial charge in [-0.1, -0.05) is 0 Å². The number of hydrogen-bond acceptors (Lipinski definition) is 4. The van der Waals surface area contributed by atoms with Crippen LogP contribution in [0.25, 0.3) is 10.8 Å². The first-order valence-corrected chi connectivity index (χ1v) is 9.68. The minimum atomic E-state index is -4.28. The van der Waals surface area contributed by atoms with Gasteiger partial charge in [-0.25, -0.2) is 4.39 Å². The van der Waals surface area contributed by atoms with Crippen molar-refractivity contribution in [2.75, 3.05) is 25.0 Å². The van der Waals surface area contributed by atoms with Crippen molar-refractivity contribution in [2.24, 2.45) is 5.92 Å². The Kier molecular flexibility index (Phi) is 5.77. The van der Waals surface area contributed by atoms with E-state index in [4.69, 9.17) is 4.74 Å². The van der Waals surface area contributed by atoms with Crippen LogP contribution in [0.2, 0.25) is 0 Å². The van der Waals surface area contributed by atoms with Gasteiger partial charge in [0, 0.05) is 29.7 Å². The minimum Gasteiger partial charge on any atom is -0.457 e. The number of fused-ring (bicyclic) bond motifs is 1. The van der Waals surface area contributed by atoms with Crippen LogP contribution in [0.3, 0.4) is 0 Å². The molecule has 0 spiro atoms. The fourth-order valence-electron chi connectivity index (χ4n) is 3.67. The Labute approximate surface area is 175 Å². The number of pyridine rings is 1. The summed E-state index contributed by atoms with van der Waals surface area (Å²) in [4.78, 5) is 18.0. The van der Waals surface area contributed by atoms with Gasteiger partial charge in [0.15, 0.2) is 0 Å². The number of ether oxygens (including phenoxy) is 1. The molecule has 4 rings (SSSR count). The topological polar surface area (TPSA) is 54.5 Å². The number of hydrogen-bond donors (Lipinski definition) is 1. The van der Waals surface area contributed by atoms with E-state index in [2.05, 4.69) is 10.3 Å². The Morgan fingerprint density at radius 3 is 2.65 bits per heavy atom. The number of halogens is 4. The highest BCUT2D eigenvalue weighted by Gasteiger charge is 2.36. The second kappa shape index (κ2) is 8.50. The maximum atomic E-state index is 13.1. The third-order valence-corrected chi connectivity index (χ3v) is 5.12. The Morgan fingerprint density at radius 2 is 1.90 bits per heavy atom. The monoisotopic (exact) mass is 433 g/mol. The third-order valence-electron chi connectivity index (χ3n) is 5.12. The van der Waals surface area contributed by atoms with Gasteiger partial charge in [0.2, 0.25) is 5.91 Å². The lowest BCUT2D eigenvalue weighted by molar-refractivity contribution is -0.144. The van der Waals surface area contributed by atoms with Crippen LogP contribution in [0, 0.1) is 11.7 Å². The number of carbonyl (C=O) groups excluding carboxylic acids is 1. The molecule has 31 heavy (non-hydrogen) atoms. The Hall–Kier alpha value is -3.20. The van der Waals surface area contributed by atoms with E-state index in [1.54, 1.807) is 30.6 Å². The lowest BCUT2D eigenvalue weighted by Crippen LogP contribution is -2.34. The fourth-order valence-corrected chi connectivity index (χ4v) is 3.67. The molecule has 1 aliphatic heterocycles. The molecule has 0 bridgehead atoms. The van der Waals surface area contributed by atoms with Crippen LogP contribution >= 0.6 is 0 Å². The van der Waals surface area contributed by atoms with Crippen molar-refractivity contribution in [1.29, 1.82) is 0 Å². The lowest BCUT2D eigenvalue weighted by Gasteiger charge is -2.18. The molecule has 2 heterocycles. The van der Waals surface area contributed by atoms with Crippen molar-refractivity contribution >= 4 is 22.4 Å². The summed E-state index contributed by atoms with van der Waals surface area (Å²) in [6.07, 6.45) is -0.762. The van der Waals surface area contributed by atoms with Crippen molar-refractivity contribution in [2.45, 2.75) is 12.6 Å². The van der Waals surface area contributed by atoms with E-state index in [0.29, 0.717) is 34.4 Å². The summed E-state index contributed by atoms with van der Waals surface area (Å²) >= 11 is 0. The third kappa shape index (κ3) is 5.11. The van der Waals surface area contributed by atoms with Gasteiger partial charge in [-0.2, -0.15) is 13.2 Å². The second-order valence-electron chi connectivity index (χ2n) is 7.41. The molecule has 1 aromatic heterocycles. The van der Waals surface area contributed by atoms with Crippen LogP contribution in [0.4, 0.5) is 23.2 Å². The molecule has 1 fully saturated rings. The van der Waals surface area contributed by atoms with Crippen molar-refractivity contribution in [3.8, 4) is 11.5 Å². The maximum Gasteiger partial charge on any atom is 0.401 e. The molecule has 0 radical (unpaired) electrons. The Bertz CT molecular complexity index is 1090. The highest BCUT2D eigenvalue weighted by Crippen LogP contribution is 2.34. The molecule has 1 aliphatic rings. The number of carbonyl (C=O) groups is 1. The van der Waals surface area contributed by atoms with Gasteiger partial charge in [0.1, 0.15) is 17.3 Å². The van der Waals surface area contributed by atoms with Crippen LogP contribution in [0.1, 0.15) is 6.42 Å². The number of nitrogens with zero attached hydrogens (tertiary/aromatic N) is 2. The molecule has 9 heteroatoms. The molecular formula is C22H19F4N3O2. The van der Waals surface area contributed by atoms with Gasteiger partial charge in [-0.05, 0) is 55.4 Å². The summed E-state index contributed by atoms with van der Waals surface area (Å²) in [5.41, 5.74) is 0.494. The van der Waals surface area contributed by atoms with Crippen LogP contribution in [-0.2, 0) is 4.79 Å². The van der Waals surface area contributed by atoms with Crippen molar-refractivity contribution < 1.29 is 27.1 Å². The summed E-state index contributed by atoms with van der Waals surface area (Å²) in [6.45, 7) is -0.726. The zero-order valence-corrected chi connectivity index (χ0v) is 16.3. The summed E-state index contributed by atoms with van der Waals surface area (Å²) in [7, 11) is 0. The number of aromatic nitrogens is 1. The van der Waals surface area contributed by atoms with Gasteiger partial charge in [-0.3, -0.25) is 14.7 Å². The number of alkyl halides is 3. The SMILES string of the molecule is O=C(Nc1ccc(Oc2ccc(F)cc2)c2ccncc12)C1CCN(CC(F)(F)F)C1. The zero-order valence-electron chi connectivity index (χ0n) is 16.3. The van der Waals surface area contributed by atoms with Gasteiger partial charge in [-0.15, -0.1) is 0 Å². The number of likely N-dealkylation sites (tertiary alicyclic amines) is 1. The smallest absolute Gasteiger partial charge is 0.401 e. The summed E-state index contributed by atoms with van der Waals surface area (Å²) < 4.78 is 56.7. The molecule has 1 unspecified atom stereocenters. The first kappa shape index (κ1) is 21.0. The van der Waals surface area contributed by atoms with Gasteiger partial charge < -0.3 is 10.1 Å². The molecule has 1 N–H and O–H groups in total. The molecule has 1 amide bonds. The van der Waals surface area contributed by atoms with Gasteiger partial charge in [0.05, 0.1) is 18.2 Å². The average molecular weight is 433 g/mol. The average Bonchev–Trinajstić information content (AvgIpc) is 3.18. The molecule has 1 saturated heterocycles. The Balaban J connectivity index is 1.51. The summed E-state index contributed by atoms with van der Waals surface area (Å²) in [6, 6.07) is 10.6. The van der Waals surface area contributed by atoms with Crippen LogP contribution in [0.15, 0.2) is 54.9 Å². The molecule has 1 atom stereocenters. The molecule has 0 aliphatic carbocycles. The van der Waals surface area contributed by atoms with Crippen LogP contribution < -0.4 is 10.1 Å². The second-order valence-corrected chi connectivity index (χ2v) is 7.41. The maximum absolute atomic E-state index is 13.1. The molecule has 5 nitrogen and oxygen atoms in total. The largest absolute Gasteiger partial charge is 0.457 e.